The fraction of sp³-hybridized carbons (Fsp3) is 0.579. The van der Waals surface area contributed by atoms with Gasteiger partial charge in [-0.3, -0.25) is 4.79 Å². The topological polar surface area (TPSA) is 52.6 Å². The Morgan fingerprint density at radius 1 is 1.17 bits per heavy atom. The third-order valence-electron chi connectivity index (χ3n) is 4.22. The fourth-order valence-corrected chi connectivity index (χ4v) is 2.83. The zero-order chi connectivity index (χ0) is 17.1. The van der Waals surface area contributed by atoms with E-state index in [-0.39, 0.29) is 17.8 Å². The summed E-state index contributed by atoms with van der Waals surface area (Å²) in [6, 6.07) is 7.48. The van der Waals surface area contributed by atoms with Gasteiger partial charge in [-0.2, -0.15) is 0 Å². The SMILES string of the molecule is CCCCCC(CC=O)CC(C(=O)OC)c1ccc(OC)cc1. The van der Waals surface area contributed by atoms with Crippen molar-refractivity contribution in [2.45, 2.75) is 51.4 Å². The summed E-state index contributed by atoms with van der Waals surface area (Å²) in [7, 11) is 3.02. The zero-order valence-electron chi connectivity index (χ0n) is 14.4. The normalized spacial score (nSPS) is 13.2. The van der Waals surface area contributed by atoms with Crippen LogP contribution in [0.4, 0.5) is 0 Å². The lowest BCUT2D eigenvalue weighted by Gasteiger charge is -2.21. The van der Waals surface area contributed by atoms with Gasteiger partial charge in [-0.05, 0) is 36.5 Å². The first-order valence-electron chi connectivity index (χ1n) is 8.31. The second-order valence-corrected chi connectivity index (χ2v) is 5.85. The Morgan fingerprint density at radius 2 is 1.87 bits per heavy atom. The highest BCUT2D eigenvalue weighted by Gasteiger charge is 2.25. The standard InChI is InChI=1S/C19H28O4/c1-4-5-6-7-15(12-13-20)14-18(19(21)23-3)16-8-10-17(22-2)11-9-16/h8-11,13,15,18H,4-7,12,14H2,1-3H3. The number of carbonyl (C=O) groups is 2. The van der Waals surface area contributed by atoms with Crippen molar-refractivity contribution in [3.8, 4) is 5.75 Å². The molecule has 4 heteroatoms. The highest BCUT2D eigenvalue weighted by molar-refractivity contribution is 5.78. The first kappa shape index (κ1) is 19.2. The minimum Gasteiger partial charge on any atom is -0.497 e. The molecule has 0 N–H and O–H groups in total. The third kappa shape index (κ3) is 6.43. The molecule has 0 aliphatic carbocycles. The van der Waals surface area contributed by atoms with E-state index in [1.807, 2.05) is 24.3 Å². The summed E-state index contributed by atoms with van der Waals surface area (Å²) in [6.45, 7) is 2.16. The minimum atomic E-state index is -0.336. The van der Waals surface area contributed by atoms with Crippen LogP contribution in [0.25, 0.3) is 0 Å². The van der Waals surface area contributed by atoms with Crippen molar-refractivity contribution in [3.05, 3.63) is 29.8 Å². The average molecular weight is 320 g/mol. The maximum absolute atomic E-state index is 12.2. The Bertz CT molecular complexity index is 467. The van der Waals surface area contributed by atoms with Crippen molar-refractivity contribution >= 4 is 12.3 Å². The molecule has 23 heavy (non-hydrogen) atoms. The van der Waals surface area contributed by atoms with E-state index in [0.717, 1.165) is 43.3 Å². The van der Waals surface area contributed by atoms with Gasteiger partial charge in [0.2, 0.25) is 0 Å². The monoisotopic (exact) mass is 320 g/mol. The summed E-state index contributed by atoms with van der Waals surface area (Å²) in [5.41, 5.74) is 0.907. The fourth-order valence-electron chi connectivity index (χ4n) is 2.83. The molecule has 1 aromatic carbocycles. The quantitative estimate of drug-likeness (QED) is 0.349. The lowest BCUT2D eigenvalue weighted by Crippen LogP contribution is -2.18. The summed E-state index contributed by atoms with van der Waals surface area (Å²) in [4.78, 5) is 23.2. The summed E-state index contributed by atoms with van der Waals surface area (Å²) in [5, 5.41) is 0. The molecule has 0 amide bonds. The van der Waals surface area contributed by atoms with Gasteiger partial charge in [0.15, 0.2) is 0 Å². The number of benzene rings is 1. The van der Waals surface area contributed by atoms with Crippen LogP contribution in [0.1, 0.15) is 56.9 Å². The number of hydrogen-bond donors (Lipinski definition) is 0. The van der Waals surface area contributed by atoms with Gasteiger partial charge in [-0.15, -0.1) is 0 Å². The number of rotatable bonds is 11. The van der Waals surface area contributed by atoms with Crippen LogP contribution in [0, 0.1) is 5.92 Å². The molecule has 2 unspecified atom stereocenters. The Balaban J connectivity index is 2.85. The Morgan fingerprint density at radius 3 is 2.39 bits per heavy atom. The molecule has 0 saturated carbocycles. The summed E-state index contributed by atoms with van der Waals surface area (Å²) < 4.78 is 10.1. The van der Waals surface area contributed by atoms with Crippen LogP contribution < -0.4 is 4.74 Å². The molecule has 0 bridgehead atoms. The van der Waals surface area contributed by atoms with E-state index in [1.54, 1.807) is 7.11 Å². The van der Waals surface area contributed by atoms with E-state index in [2.05, 4.69) is 6.92 Å². The van der Waals surface area contributed by atoms with Crippen molar-refractivity contribution < 1.29 is 19.1 Å². The number of hydrogen-bond acceptors (Lipinski definition) is 4. The molecule has 0 radical (unpaired) electrons. The maximum atomic E-state index is 12.2. The molecular formula is C19H28O4. The number of aldehydes is 1. The van der Waals surface area contributed by atoms with Crippen LogP contribution in [-0.2, 0) is 14.3 Å². The van der Waals surface area contributed by atoms with Crippen LogP contribution in [0.3, 0.4) is 0 Å². The van der Waals surface area contributed by atoms with Crippen LogP contribution >= 0.6 is 0 Å². The minimum absolute atomic E-state index is 0.213. The molecule has 0 spiro atoms. The number of ether oxygens (including phenoxy) is 2. The molecule has 1 aromatic rings. The van der Waals surface area contributed by atoms with Gasteiger partial charge in [-0.25, -0.2) is 0 Å². The molecule has 4 nitrogen and oxygen atoms in total. The van der Waals surface area contributed by atoms with Crippen LogP contribution in [-0.4, -0.2) is 26.5 Å². The molecule has 1 rings (SSSR count). The van der Waals surface area contributed by atoms with Crippen molar-refractivity contribution in [2.75, 3.05) is 14.2 Å². The number of unbranched alkanes of at least 4 members (excludes halogenated alkanes) is 2. The third-order valence-corrected chi connectivity index (χ3v) is 4.22. The first-order chi connectivity index (χ1) is 11.2. The summed E-state index contributed by atoms with van der Waals surface area (Å²) in [5.74, 6) is 0.383. The molecule has 0 saturated heterocycles. The van der Waals surface area contributed by atoms with Gasteiger partial charge in [-0.1, -0.05) is 38.3 Å². The van der Waals surface area contributed by atoms with Gasteiger partial charge in [0, 0.05) is 6.42 Å². The van der Waals surface area contributed by atoms with Gasteiger partial charge in [0.1, 0.15) is 12.0 Å². The van der Waals surface area contributed by atoms with Crippen LogP contribution in [0.5, 0.6) is 5.75 Å². The molecule has 0 aliphatic heterocycles. The molecule has 0 aliphatic rings. The van der Waals surface area contributed by atoms with Gasteiger partial charge >= 0.3 is 5.97 Å². The van der Waals surface area contributed by atoms with E-state index in [0.29, 0.717) is 12.8 Å². The highest BCUT2D eigenvalue weighted by Crippen LogP contribution is 2.30. The molecular weight excluding hydrogens is 292 g/mol. The number of methoxy groups -OCH3 is 2. The Labute approximate surface area is 139 Å². The summed E-state index contributed by atoms with van der Waals surface area (Å²) >= 11 is 0. The smallest absolute Gasteiger partial charge is 0.313 e. The van der Waals surface area contributed by atoms with Crippen LogP contribution in [0.2, 0.25) is 0 Å². The molecule has 0 aromatic heterocycles. The number of carbonyl (C=O) groups excluding carboxylic acids is 2. The number of esters is 1. The average Bonchev–Trinajstić information content (AvgIpc) is 2.59. The van der Waals surface area contributed by atoms with Gasteiger partial charge < -0.3 is 14.3 Å². The molecule has 0 heterocycles. The lowest BCUT2D eigenvalue weighted by atomic mass is 9.84. The molecule has 0 fully saturated rings. The van der Waals surface area contributed by atoms with E-state index in [4.69, 9.17) is 9.47 Å². The van der Waals surface area contributed by atoms with E-state index < -0.39 is 0 Å². The largest absolute Gasteiger partial charge is 0.497 e. The predicted molar refractivity (Wildman–Crippen MR) is 90.7 cm³/mol. The second-order valence-electron chi connectivity index (χ2n) is 5.85. The van der Waals surface area contributed by atoms with Crippen molar-refractivity contribution in [3.63, 3.8) is 0 Å². The van der Waals surface area contributed by atoms with Crippen molar-refractivity contribution in [2.24, 2.45) is 5.92 Å². The van der Waals surface area contributed by atoms with Crippen molar-refractivity contribution in [1.29, 1.82) is 0 Å². The van der Waals surface area contributed by atoms with E-state index in [9.17, 15) is 9.59 Å². The maximum Gasteiger partial charge on any atom is 0.313 e. The lowest BCUT2D eigenvalue weighted by molar-refractivity contribution is -0.143. The summed E-state index contributed by atoms with van der Waals surface area (Å²) in [6.07, 6.45) is 6.45. The van der Waals surface area contributed by atoms with Gasteiger partial charge in [0.05, 0.1) is 20.1 Å². The van der Waals surface area contributed by atoms with Gasteiger partial charge in [0.25, 0.3) is 0 Å². The zero-order valence-corrected chi connectivity index (χ0v) is 14.4. The van der Waals surface area contributed by atoms with Crippen molar-refractivity contribution in [1.82, 2.24) is 0 Å². The Kier molecular flexibility index (Phi) is 9.03. The second kappa shape index (κ2) is 10.8. The Hall–Kier alpha value is -1.84. The first-order valence-corrected chi connectivity index (χ1v) is 8.31. The van der Waals surface area contributed by atoms with E-state index in [1.165, 1.54) is 7.11 Å². The predicted octanol–water partition coefficient (Wildman–Crippen LogP) is 4.13. The van der Waals surface area contributed by atoms with Crippen LogP contribution in [0.15, 0.2) is 24.3 Å². The molecule has 2 atom stereocenters. The van der Waals surface area contributed by atoms with E-state index >= 15 is 0 Å². The molecule has 128 valence electrons. The highest BCUT2D eigenvalue weighted by atomic mass is 16.5.